The lowest BCUT2D eigenvalue weighted by Crippen LogP contribution is -2.10. The van der Waals surface area contributed by atoms with Crippen LogP contribution in [-0.4, -0.2) is 25.8 Å². The van der Waals surface area contributed by atoms with Crippen molar-refractivity contribution in [2.75, 3.05) is 0 Å². The Hall–Kier alpha value is -3.12. The van der Waals surface area contributed by atoms with Gasteiger partial charge in [0.1, 0.15) is 17.2 Å². The first-order valence-corrected chi connectivity index (χ1v) is 9.04. The van der Waals surface area contributed by atoms with E-state index in [2.05, 4.69) is 15.3 Å². The molecule has 2 aromatic heterocycles. The number of Topliss-reactive ketones (excluding diaryl/α,β-unsaturated/α-hetero) is 1. The van der Waals surface area contributed by atoms with Crippen molar-refractivity contribution in [1.82, 2.24) is 20.0 Å². The van der Waals surface area contributed by atoms with Gasteiger partial charge < -0.3 is 0 Å². The summed E-state index contributed by atoms with van der Waals surface area (Å²) in [5.41, 5.74) is 3.50. The molecular formula is C20H16N4OS. The number of hydrogen-bond acceptors (Lipinski definition) is 5. The van der Waals surface area contributed by atoms with Crippen molar-refractivity contribution < 1.29 is 4.79 Å². The van der Waals surface area contributed by atoms with Gasteiger partial charge in [-0.3, -0.25) is 4.79 Å². The lowest BCUT2D eigenvalue weighted by Gasteiger charge is -1.98. The first kappa shape index (κ1) is 16.4. The number of rotatable bonds is 5. The summed E-state index contributed by atoms with van der Waals surface area (Å²) in [6, 6.07) is 19.7. The summed E-state index contributed by atoms with van der Waals surface area (Å²) in [6.07, 6.45) is 1.79. The minimum atomic E-state index is -0.00769. The van der Waals surface area contributed by atoms with E-state index in [9.17, 15) is 4.79 Å². The van der Waals surface area contributed by atoms with Crippen molar-refractivity contribution in [1.29, 1.82) is 0 Å². The second-order valence-corrected chi connectivity index (χ2v) is 6.89. The van der Waals surface area contributed by atoms with Gasteiger partial charge in [0.05, 0.1) is 16.8 Å². The molecule has 0 N–H and O–H groups in total. The summed E-state index contributed by atoms with van der Waals surface area (Å²) in [6.45, 7) is 2.02. The largest absolute Gasteiger partial charge is 0.291 e. The number of aromatic nitrogens is 4. The van der Waals surface area contributed by atoms with Crippen LogP contribution in [0, 0.1) is 6.92 Å². The van der Waals surface area contributed by atoms with Crippen LogP contribution in [-0.2, 0) is 6.54 Å². The molecule has 128 valence electrons. The van der Waals surface area contributed by atoms with Gasteiger partial charge in [0.25, 0.3) is 0 Å². The minimum Gasteiger partial charge on any atom is -0.291 e. The summed E-state index contributed by atoms with van der Waals surface area (Å²) in [5.74, 6) is -0.00769. The molecule has 0 amide bonds. The van der Waals surface area contributed by atoms with Gasteiger partial charge in [-0.1, -0.05) is 65.9 Å². The highest BCUT2D eigenvalue weighted by atomic mass is 32.1. The van der Waals surface area contributed by atoms with Crippen LogP contribution in [0.1, 0.15) is 15.4 Å². The maximum atomic E-state index is 12.7. The molecule has 4 rings (SSSR count). The highest BCUT2D eigenvalue weighted by Gasteiger charge is 2.17. The van der Waals surface area contributed by atoms with E-state index in [1.165, 1.54) is 11.3 Å². The molecule has 0 saturated carbocycles. The van der Waals surface area contributed by atoms with Gasteiger partial charge in [0, 0.05) is 11.1 Å². The van der Waals surface area contributed by atoms with E-state index >= 15 is 0 Å². The van der Waals surface area contributed by atoms with Crippen LogP contribution >= 0.6 is 11.3 Å². The Morgan fingerprint density at radius 3 is 2.35 bits per heavy atom. The molecule has 0 unspecified atom stereocenters. The van der Waals surface area contributed by atoms with Crippen molar-refractivity contribution in [3.05, 3.63) is 77.4 Å². The maximum absolute atomic E-state index is 12.7. The Bertz CT molecular complexity index is 1040. The lowest BCUT2D eigenvalue weighted by molar-refractivity contribution is 0.0970. The third kappa shape index (κ3) is 3.32. The maximum Gasteiger partial charge on any atom is 0.196 e. The summed E-state index contributed by atoms with van der Waals surface area (Å²) < 4.78 is 1.58. The van der Waals surface area contributed by atoms with Gasteiger partial charge in [0.2, 0.25) is 0 Å². The molecule has 4 aromatic rings. The van der Waals surface area contributed by atoms with Crippen molar-refractivity contribution in [2.24, 2.45) is 0 Å². The lowest BCUT2D eigenvalue weighted by atomic mass is 10.2. The molecule has 0 atom stereocenters. The first-order valence-electron chi connectivity index (χ1n) is 8.22. The quantitative estimate of drug-likeness (QED) is 0.499. The molecule has 0 aliphatic carbocycles. The number of nitrogens with zero attached hydrogens (tertiary/aromatic N) is 4. The second-order valence-electron chi connectivity index (χ2n) is 5.89. The topological polar surface area (TPSA) is 60.7 Å². The van der Waals surface area contributed by atoms with Gasteiger partial charge in [-0.2, -0.15) is 0 Å². The molecule has 0 spiro atoms. The average molecular weight is 360 g/mol. The highest BCUT2D eigenvalue weighted by molar-refractivity contribution is 7.17. The monoisotopic (exact) mass is 360 g/mol. The Morgan fingerprint density at radius 1 is 1.00 bits per heavy atom. The van der Waals surface area contributed by atoms with Crippen molar-refractivity contribution in [3.8, 4) is 21.8 Å². The van der Waals surface area contributed by atoms with Crippen LogP contribution in [0.4, 0.5) is 0 Å². The van der Waals surface area contributed by atoms with Crippen LogP contribution in [0.15, 0.2) is 66.9 Å². The molecule has 26 heavy (non-hydrogen) atoms. The fraction of sp³-hybridized carbons (Fsp3) is 0.100. The van der Waals surface area contributed by atoms with Gasteiger partial charge in [-0.05, 0) is 6.92 Å². The number of hydrogen-bond donors (Lipinski definition) is 0. The fourth-order valence-corrected chi connectivity index (χ4v) is 3.70. The molecule has 0 aliphatic rings. The molecule has 5 nitrogen and oxygen atoms in total. The van der Waals surface area contributed by atoms with E-state index < -0.39 is 0 Å². The SMILES string of the molecule is Cc1nc(-c2ccccc2)sc1C(=O)Cn1cc(-c2ccccc2)nn1. The Morgan fingerprint density at radius 2 is 1.65 bits per heavy atom. The third-order valence-electron chi connectivity index (χ3n) is 3.98. The number of carbonyl (C=O) groups is 1. The molecule has 2 heterocycles. The number of ketones is 1. The van der Waals surface area contributed by atoms with Crippen LogP contribution < -0.4 is 0 Å². The van der Waals surface area contributed by atoms with Gasteiger partial charge >= 0.3 is 0 Å². The Labute approximate surface area is 155 Å². The normalized spacial score (nSPS) is 10.8. The van der Waals surface area contributed by atoms with E-state index in [0.29, 0.717) is 4.88 Å². The molecule has 0 radical (unpaired) electrons. The summed E-state index contributed by atoms with van der Waals surface area (Å²) in [5, 5.41) is 9.10. The van der Waals surface area contributed by atoms with E-state index in [1.807, 2.05) is 67.6 Å². The fourth-order valence-electron chi connectivity index (χ4n) is 2.70. The summed E-state index contributed by atoms with van der Waals surface area (Å²) >= 11 is 1.42. The molecule has 0 aliphatic heterocycles. The second kappa shape index (κ2) is 7.01. The standard InChI is InChI=1S/C20H16N4OS/c1-14-19(26-20(21-14)16-10-6-3-7-11-16)18(25)13-24-12-17(22-23-24)15-8-4-2-5-9-15/h2-12H,13H2,1H3. The van der Waals surface area contributed by atoms with E-state index in [0.717, 1.165) is 27.5 Å². The van der Waals surface area contributed by atoms with Crippen LogP contribution in [0.5, 0.6) is 0 Å². The van der Waals surface area contributed by atoms with Crippen LogP contribution in [0.25, 0.3) is 21.8 Å². The van der Waals surface area contributed by atoms with Crippen molar-refractivity contribution >= 4 is 17.1 Å². The number of thiazole rings is 1. The molecule has 0 fully saturated rings. The first-order chi connectivity index (χ1) is 12.7. The predicted octanol–water partition coefficient (Wildman–Crippen LogP) is 4.26. The molecule has 0 saturated heterocycles. The number of carbonyl (C=O) groups excluding carboxylic acids is 1. The average Bonchev–Trinajstić information content (AvgIpc) is 3.30. The van der Waals surface area contributed by atoms with E-state index in [1.54, 1.807) is 10.9 Å². The molecule has 0 bridgehead atoms. The van der Waals surface area contributed by atoms with Crippen LogP contribution in [0.3, 0.4) is 0 Å². The summed E-state index contributed by atoms with van der Waals surface area (Å²) in [4.78, 5) is 17.9. The zero-order valence-corrected chi connectivity index (χ0v) is 15.0. The highest BCUT2D eigenvalue weighted by Crippen LogP contribution is 2.28. The zero-order valence-electron chi connectivity index (χ0n) is 14.2. The molecule has 6 heteroatoms. The molecular weight excluding hydrogens is 344 g/mol. The third-order valence-corrected chi connectivity index (χ3v) is 5.23. The summed E-state index contributed by atoms with van der Waals surface area (Å²) in [7, 11) is 0. The van der Waals surface area contributed by atoms with Crippen LogP contribution in [0.2, 0.25) is 0 Å². The number of aryl methyl sites for hydroxylation is 1. The smallest absolute Gasteiger partial charge is 0.196 e. The zero-order chi connectivity index (χ0) is 17.9. The Balaban J connectivity index is 1.54. The Kier molecular flexibility index (Phi) is 4.41. The van der Waals surface area contributed by atoms with E-state index in [4.69, 9.17) is 0 Å². The van der Waals surface area contributed by atoms with Crippen molar-refractivity contribution in [2.45, 2.75) is 13.5 Å². The minimum absolute atomic E-state index is 0.00769. The van der Waals surface area contributed by atoms with Gasteiger partial charge in [0.15, 0.2) is 5.78 Å². The van der Waals surface area contributed by atoms with E-state index in [-0.39, 0.29) is 12.3 Å². The molecule has 2 aromatic carbocycles. The van der Waals surface area contributed by atoms with Crippen molar-refractivity contribution in [3.63, 3.8) is 0 Å². The predicted molar refractivity (Wildman–Crippen MR) is 102 cm³/mol. The van der Waals surface area contributed by atoms with Gasteiger partial charge in [-0.15, -0.1) is 16.4 Å². The number of benzene rings is 2. The van der Waals surface area contributed by atoms with Gasteiger partial charge in [-0.25, -0.2) is 9.67 Å².